The van der Waals surface area contributed by atoms with E-state index in [1.165, 1.54) is 4.90 Å². The van der Waals surface area contributed by atoms with E-state index in [2.05, 4.69) is 10.3 Å². The maximum Gasteiger partial charge on any atom is 0.247 e. The molecule has 6 nitrogen and oxygen atoms in total. The van der Waals surface area contributed by atoms with E-state index in [1.807, 2.05) is 26.0 Å². The molecular weight excluding hydrogens is 318 g/mol. The molecule has 132 valence electrons. The summed E-state index contributed by atoms with van der Waals surface area (Å²) >= 11 is 0. The van der Waals surface area contributed by atoms with Crippen molar-refractivity contribution in [3.05, 3.63) is 36.7 Å². The van der Waals surface area contributed by atoms with Crippen molar-refractivity contribution in [1.29, 1.82) is 0 Å². The Kier molecular flexibility index (Phi) is 4.97. The van der Waals surface area contributed by atoms with E-state index < -0.39 is 6.04 Å². The molecular formula is C19H23N3O3. The van der Waals surface area contributed by atoms with Crippen molar-refractivity contribution in [3.63, 3.8) is 0 Å². The van der Waals surface area contributed by atoms with Crippen LogP contribution in [0.3, 0.4) is 0 Å². The lowest BCUT2D eigenvalue weighted by atomic mass is 9.85. The molecule has 1 aromatic rings. The summed E-state index contributed by atoms with van der Waals surface area (Å²) in [5, 5.41) is 2.81. The number of imide groups is 1. The van der Waals surface area contributed by atoms with Gasteiger partial charge in [0, 0.05) is 18.1 Å². The number of rotatable bonds is 5. The molecule has 0 radical (unpaired) electrons. The van der Waals surface area contributed by atoms with E-state index in [-0.39, 0.29) is 35.5 Å². The largest absolute Gasteiger partial charge is 0.324 e. The van der Waals surface area contributed by atoms with E-state index in [0.717, 1.165) is 0 Å². The minimum atomic E-state index is -0.779. The van der Waals surface area contributed by atoms with Crippen LogP contribution in [0.1, 0.15) is 33.1 Å². The summed E-state index contributed by atoms with van der Waals surface area (Å²) in [5.41, 5.74) is 0.604. The molecule has 1 saturated heterocycles. The van der Waals surface area contributed by atoms with Crippen LogP contribution in [0.5, 0.6) is 0 Å². The van der Waals surface area contributed by atoms with Crippen molar-refractivity contribution in [2.45, 2.75) is 39.2 Å². The van der Waals surface area contributed by atoms with Gasteiger partial charge in [0.25, 0.3) is 0 Å². The molecule has 0 bridgehead atoms. The van der Waals surface area contributed by atoms with Crippen LogP contribution >= 0.6 is 0 Å². The summed E-state index contributed by atoms with van der Waals surface area (Å²) in [6.45, 7) is 3.96. The van der Waals surface area contributed by atoms with Crippen molar-refractivity contribution in [3.8, 4) is 0 Å². The summed E-state index contributed by atoms with van der Waals surface area (Å²) in [6, 6.07) is 2.59. The standard InChI is InChI=1S/C19H23N3O3/c1-12(2)11-16(17(23)21-13-7-9-20-10-8-13)22-18(24)14-5-3-4-6-15(14)19(22)25/h3-4,7-10,12,14-16H,5-6,11H2,1-2H3,(H,20,21,23)/t14-,15+,16-/m1/s1. The van der Waals surface area contributed by atoms with Crippen LogP contribution in [0.4, 0.5) is 5.69 Å². The normalized spacial score (nSPS) is 23.7. The number of fused-ring (bicyclic) bond motifs is 1. The number of likely N-dealkylation sites (tertiary alicyclic amines) is 1. The second kappa shape index (κ2) is 7.17. The molecule has 0 saturated carbocycles. The summed E-state index contributed by atoms with van der Waals surface area (Å²) in [5.74, 6) is -1.21. The first-order valence-electron chi connectivity index (χ1n) is 8.72. The predicted octanol–water partition coefficient (Wildman–Crippen LogP) is 2.39. The first-order valence-corrected chi connectivity index (χ1v) is 8.72. The molecule has 1 aliphatic carbocycles. The van der Waals surface area contributed by atoms with E-state index in [1.54, 1.807) is 24.5 Å². The summed E-state index contributed by atoms with van der Waals surface area (Å²) in [4.78, 5) is 43.6. The van der Waals surface area contributed by atoms with Gasteiger partial charge in [-0.15, -0.1) is 0 Å². The number of amides is 3. The van der Waals surface area contributed by atoms with Crippen LogP contribution in [-0.2, 0) is 14.4 Å². The monoisotopic (exact) mass is 341 g/mol. The second-order valence-corrected chi connectivity index (χ2v) is 7.07. The maximum absolute atomic E-state index is 12.8. The molecule has 1 aliphatic heterocycles. The summed E-state index contributed by atoms with van der Waals surface area (Å²) in [6.07, 6.45) is 8.66. The number of carbonyl (C=O) groups is 3. The van der Waals surface area contributed by atoms with Crippen LogP contribution in [0.25, 0.3) is 0 Å². The fourth-order valence-corrected chi connectivity index (χ4v) is 3.57. The first-order chi connectivity index (χ1) is 12.0. The number of anilines is 1. The Hall–Kier alpha value is -2.50. The first kappa shape index (κ1) is 17.3. The van der Waals surface area contributed by atoms with E-state index in [0.29, 0.717) is 24.9 Å². The molecule has 1 N–H and O–H groups in total. The average Bonchev–Trinajstić information content (AvgIpc) is 2.85. The van der Waals surface area contributed by atoms with Crippen LogP contribution in [-0.4, -0.2) is 33.6 Å². The molecule has 3 amide bonds. The van der Waals surface area contributed by atoms with E-state index in [9.17, 15) is 14.4 Å². The molecule has 6 heteroatoms. The fraction of sp³-hybridized carbons (Fsp3) is 0.474. The minimum absolute atomic E-state index is 0.176. The van der Waals surface area contributed by atoms with E-state index >= 15 is 0 Å². The fourth-order valence-electron chi connectivity index (χ4n) is 3.57. The highest BCUT2D eigenvalue weighted by molar-refractivity contribution is 6.10. The molecule has 3 rings (SSSR count). The van der Waals surface area contributed by atoms with Gasteiger partial charge in [0.15, 0.2) is 0 Å². The molecule has 25 heavy (non-hydrogen) atoms. The van der Waals surface area contributed by atoms with E-state index in [4.69, 9.17) is 0 Å². The Morgan fingerprint density at radius 2 is 1.72 bits per heavy atom. The van der Waals surface area contributed by atoms with Crippen LogP contribution in [0.2, 0.25) is 0 Å². The van der Waals surface area contributed by atoms with Gasteiger partial charge < -0.3 is 5.32 Å². The van der Waals surface area contributed by atoms with Crippen molar-refractivity contribution >= 4 is 23.4 Å². The number of nitrogens with zero attached hydrogens (tertiary/aromatic N) is 2. The van der Waals surface area contributed by atoms with Gasteiger partial charge in [-0.25, -0.2) is 0 Å². The molecule has 0 aromatic carbocycles. The van der Waals surface area contributed by atoms with Crippen molar-refractivity contribution < 1.29 is 14.4 Å². The quantitative estimate of drug-likeness (QED) is 0.659. The van der Waals surface area contributed by atoms with Crippen molar-refractivity contribution in [2.24, 2.45) is 17.8 Å². The number of pyridine rings is 1. The molecule has 3 atom stereocenters. The number of nitrogens with one attached hydrogen (secondary N) is 1. The third kappa shape index (κ3) is 3.48. The van der Waals surface area contributed by atoms with Crippen LogP contribution < -0.4 is 5.32 Å². The summed E-state index contributed by atoms with van der Waals surface area (Å²) in [7, 11) is 0. The molecule has 1 fully saturated rings. The number of aromatic nitrogens is 1. The Morgan fingerprint density at radius 1 is 1.16 bits per heavy atom. The zero-order valence-electron chi connectivity index (χ0n) is 14.5. The lowest BCUT2D eigenvalue weighted by Crippen LogP contribution is -2.48. The topological polar surface area (TPSA) is 79.4 Å². The summed E-state index contributed by atoms with van der Waals surface area (Å²) < 4.78 is 0. The van der Waals surface area contributed by atoms with Gasteiger partial charge in [-0.05, 0) is 37.3 Å². The lowest BCUT2D eigenvalue weighted by molar-refractivity contribution is -0.147. The number of allylic oxidation sites excluding steroid dienone is 2. The van der Waals surface area contributed by atoms with Gasteiger partial charge in [-0.3, -0.25) is 24.3 Å². The Bertz CT molecular complexity index is 673. The second-order valence-electron chi connectivity index (χ2n) is 7.07. The highest BCUT2D eigenvalue weighted by Crippen LogP contribution is 2.37. The Morgan fingerprint density at radius 3 is 2.24 bits per heavy atom. The Balaban J connectivity index is 1.84. The minimum Gasteiger partial charge on any atom is -0.324 e. The smallest absolute Gasteiger partial charge is 0.247 e. The van der Waals surface area contributed by atoms with Crippen molar-refractivity contribution in [2.75, 3.05) is 5.32 Å². The van der Waals surface area contributed by atoms with Crippen molar-refractivity contribution in [1.82, 2.24) is 9.88 Å². The average molecular weight is 341 g/mol. The van der Waals surface area contributed by atoms with Gasteiger partial charge in [0.1, 0.15) is 6.04 Å². The number of carbonyl (C=O) groups excluding carboxylic acids is 3. The molecule has 0 unspecified atom stereocenters. The number of hydrogen-bond acceptors (Lipinski definition) is 4. The SMILES string of the molecule is CC(C)C[C@H](C(=O)Nc1ccncc1)N1C(=O)[C@H]2CC=CC[C@H]2C1=O. The molecule has 2 aliphatic rings. The van der Waals surface area contributed by atoms with Crippen LogP contribution in [0.15, 0.2) is 36.7 Å². The van der Waals surface area contributed by atoms with Gasteiger partial charge in [0.05, 0.1) is 11.8 Å². The highest BCUT2D eigenvalue weighted by Gasteiger charge is 2.51. The van der Waals surface area contributed by atoms with Gasteiger partial charge >= 0.3 is 0 Å². The number of hydrogen-bond donors (Lipinski definition) is 1. The lowest BCUT2D eigenvalue weighted by Gasteiger charge is -2.27. The molecule has 2 heterocycles. The Labute approximate surface area is 147 Å². The van der Waals surface area contributed by atoms with Gasteiger partial charge in [-0.2, -0.15) is 0 Å². The highest BCUT2D eigenvalue weighted by atomic mass is 16.2. The van der Waals surface area contributed by atoms with Gasteiger partial charge in [-0.1, -0.05) is 26.0 Å². The third-order valence-corrected chi connectivity index (χ3v) is 4.80. The maximum atomic E-state index is 12.8. The zero-order chi connectivity index (χ0) is 18.0. The predicted molar refractivity (Wildman–Crippen MR) is 93.3 cm³/mol. The van der Waals surface area contributed by atoms with Gasteiger partial charge in [0.2, 0.25) is 17.7 Å². The molecule has 1 aromatic heterocycles. The van der Waals surface area contributed by atoms with Crippen LogP contribution in [0, 0.1) is 17.8 Å². The molecule has 0 spiro atoms. The third-order valence-electron chi connectivity index (χ3n) is 4.80. The zero-order valence-corrected chi connectivity index (χ0v) is 14.5.